The second kappa shape index (κ2) is 11.0. The predicted molar refractivity (Wildman–Crippen MR) is 113 cm³/mol. The fraction of sp³-hybridized carbons (Fsp3) is 0.588. The Labute approximate surface area is 166 Å². The number of nitrogens with zero attached hydrogens (tertiary/aromatic N) is 1. The van der Waals surface area contributed by atoms with Crippen molar-refractivity contribution in [3.8, 4) is 5.75 Å². The predicted octanol–water partition coefficient (Wildman–Crippen LogP) is 2.89. The topological polar surface area (TPSA) is 54.9 Å². The maximum absolute atomic E-state index is 5.49. The van der Waals surface area contributed by atoms with Crippen molar-refractivity contribution in [2.45, 2.75) is 24.1 Å². The van der Waals surface area contributed by atoms with Crippen LogP contribution in [0, 0.1) is 0 Å². The molecule has 0 amide bonds. The third-order valence-electron chi connectivity index (χ3n) is 4.28. The van der Waals surface area contributed by atoms with Gasteiger partial charge >= 0.3 is 0 Å². The highest BCUT2D eigenvalue weighted by atomic mass is 127. The van der Waals surface area contributed by atoms with E-state index in [0.29, 0.717) is 6.54 Å². The molecular weight excluding hydrogens is 437 g/mol. The first-order valence-electron chi connectivity index (χ1n) is 7.92. The first-order chi connectivity index (χ1) is 11.2. The SMILES string of the molecule is CN=C(NCc1ccccc1OC)NCC1(SC)CCOCC1.I. The van der Waals surface area contributed by atoms with Crippen LogP contribution in [0.15, 0.2) is 29.3 Å². The number of hydrogen-bond acceptors (Lipinski definition) is 4. The smallest absolute Gasteiger partial charge is 0.191 e. The maximum Gasteiger partial charge on any atom is 0.191 e. The summed E-state index contributed by atoms with van der Waals surface area (Å²) >= 11 is 1.92. The van der Waals surface area contributed by atoms with Gasteiger partial charge in [-0.25, -0.2) is 0 Å². The molecule has 1 saturated heterocycles. The van der Waals surface area contributed by atoms with Gasteiger partial charge in [0.2, 0.25) is 0 Å². The summed E-state index contributed by atoms with van der Waals surface area (Å²) in [5.74, 6) is 1.70. The third kappa shape index (κ3) is 6.00. The molecule has 1 aliphatic rings. The molecule has 1 fully saturated rings. The molecule has 0 atom stereocenters. The van der Waals surface area contributed by atoms with Gasteiger partial charge in [0.15, 0.2) is 5.96 Å². The fourth-order valence-corrected chi connectivity index (χ4v) is 3.48. The van der Waals surface area contributed by atoms with Gasteiger partial charge in [-0.3, -0.25) is 4.99 Å². The van der Waals surface area contributed by atoms with Crippen molar-refractivity contribution in [3.63, 3.8) is 0 Å². The van der Waals surface area contributed by atoms with Crippen LogP contribution in [-0.2, 0) is 11.3 Å². The van der Waals surface area contributed by atoms with Gasteiger partial charge in [0.05, 0.1) is 7.11 Å². The Bertz CT molecular complexity index is 522. The molecule has 0 bridgehead atoms. The van der Waals surface area contributed by atoms with Gasteiger partial charge in [-0.05, 0) is 25.2 Å². The lowest BCUT2D eigenvalue weighted by Crippen LogP contribution is -2.47. The van der Waals surface area contributed by atoms with Crippen LogP contribution in [-0.4, -0.2) is 50.9 Å². The minimum absolute atomic E-state index is 0. The molecule has 5 nitrogen and oxygen atoms in total. The zero-order valence-electron chi connectivity index (χ0n) is 14.6. The summed E-state index contributed by atoms with van der Waals surface area (Å²) in [5.41, 5.74) is 1.11. The van der Waals surface area contributed by atoms with Crippen molar-refractivity contribution in [3.05, 3.63) is 29.8 Å². The number of thioether (sulfide) groups is 1. The molecule has 2 N–H and O–H groups in total. The van der Waals surface area contributed by atoms with Crippen LogP contribution in [0.4, 0.5) is 0 Å². The van der Waals surface area contributed by atoms with E-state index in [0.717, 1.165) is 49.9 Å². The molecule has 1 aromatic rings. The molecule has 7 heteroatoms. The number of hydrogen-bond donors (Lipinski definition) is 2. The van der Waals surface area contributed by atoms with Gasteiger partial charge in [0.1, 0.15) is 5.75 Å². The van der Waals surface area contributed by atoms with Crippen LogP contribution in [0.5, 0.6) is 5.75 Å². The quantitative estimate of drug-likeness (QED) is 0.385. The number of rotatable bonds is 6. The molecular formula is C17H28IN3O2S. The van der Waals surface area contributed by atoms with E-state index >= 15 is 0 Å². The Balaban J connectivity index is 0.00000288. The zero-order valence-corrected chi connectivity index (χ0v) is 17.8. The van der Waals surface area contributed by atoms with Gasteiger partial charge in [0.25, 0.3) is 0 Å². The molecule has 1 heterocycles. The fourth-order valence-electron chi connectivity index (χ4n) is 2.69. The van der Waals surface area contributed by atoms with E-state index in [1.807, 2.05) is 30.0 Å². The molecule has 1 aromatic carbocycles. The number of guanidine groups is 1. The first-order valence-corrected chi connectivity index (χ1v) is 9.15. The Kier molecular flexibility index (Phi) is 9.84. The van der Waals surface area contributed by atoms with Crippen LogP contribution in [0.2, 0.25) is 0 Å². The molecule has 2 rings (SSSR count). The highest BCUT2D eigenvalue weighted by Crippen LogP contribution is 2.32. The minimum atomic E-state index is 0. The largest absolute Gasteiger partial charge is 0.496 e. The van der Waals surface area contributed by atoms with Crippen LogP contribution in [0.3, 0.4) is 0 Å². The summed E-state index contributed by atoms with van der Waals surface area (Å²) in [6.45, 7) is 3.26. The van der Waals surface area contributed by atoms with E-state index in [2.05, 4.69) is 27.9 Å². The number of ether oxygens (including phenoxy) is 2. The van der Waals surface area contributed by atoms with Crippen molar-refractivity contribution in [2.75, 3.05) is 40.2 Å². The van der Waals surface area contributed by atoms with Gasteiger partial charge < -0.3 is 20.1 Å². The van der Waals surface area contributed by atoms with Crippen molar-refractivity contribution >= 4 is 41.7 Å². The molecule has 1 aliphatic heterocycles. The van der Waals surface area contributed by atoms with E-state index in [-0.39, 0.29) is 28.7 Å². The van der Waals surface area contributed by atoms with E-state index < -0.39 is 0 Å². The lowest BCUT2D eigenvalue weighted by molar-refractivity contribution is 0.0783. The number of halogens is 1. The normalized spacial score (nSPS) is 16.9. The highest BCUT2D eigenvalue weighted by Gasteiger charge is 2.31. The van der Waals surface area contributed by atoms with Gasteiger partial charge in [0, 0.05) is 43.7 Å². The summed E-state index contributed by atoms with van der Waals surface area (Å²) in [4.78, 5) is 4.32. The molecule has 136 valence electrons. The molecule has 0 spiro atoms. The minimum Gasteiger partial charge on any atom is -0.496 e. The Morgan fingerprint density at radius 1 is 1.29 bits per heavy atom. The zero-order chi connectivity index (χ0) is 16.5. The van der Waals surface area contributed by atoms with Crippen LogP contribution < -0.4 is 15.4 Å². The lowest BCUT2D eigenvalue weighted by Gasteiger charge is -2.36. The Morgan fingerprint density at radius 2 is 2.00 bits per heavy atom. The number of methoxy groups -OCH3 is 1. The second-order valence-corrected chi connectivity index (χ2v) is 6.86. The monoisotopic (exact) mass is 465 g/mol. The highest BCUT2D eigenvalue weighted by molar-refractivity contribution is 14.0. The Hall–Kier alpha value is -0.670. The third-order valence-corrected chi connectivity index (χ3v) is 5.70. The van der Waals surface area contributed by atoms with E-state index in [1.165, 1.54) is 0 Å². The lowest BCUT2D eigenvalue weighted by atomic mass is 9.99. The van der Waals surface area contributed by atoms with E-state index in [4.69, 9.17) is 9.47 Å². The van der Waals surface area contributed by atoms with Crippen molar-refractivity contribution in [2.24, 2.45) is 4.99 Å². The van der Waals surface area contributed by atoms with Crippen LogP contribution in [0.1, 0.15) is 18.4 Å². The number of para-hydroxylation sites is 1. The summed E-state index contributed by atoms with van der Waals surface area (Å²) in [5, 5.41) is 6.82. The maximum atomic E-state index is 5.49. The van der Waals surface area contributed by atoms with Crippen molar-refractivity contribution in [1.29, 1.82) is 0 Å². The summed E-state index contributed by atoms with van der Waals surface area (Å²) in [6.07, 6.45) is 4.33. The van der Waals surface area contributed by atoms with Gasteiger partial charge in [-0.15, -0.1) is 24.0 Å². The molecule has 0 unspecified atom stereocenters. The summed E-state index contributed by atoms with van der Waals surface area (Å²) in [7, 11) is 3.49. The average molecular weight is 465 g/mol. The van der Waals surface area contributed by atoms with Crippen LogP contribution >= 0.6 is 35.7 Å². The number of aliphatic imine (C=N–C) groups is 1. The first kappa shape index (κ1) is 21.4. The number of nitrogens with one attached hydrogen (secondary N) is 2. The molecule has 0 saturated carbocycles. The van der Waals surface area contributed by atoms with Gasteiger partial charge in [-0.1, -0.05) is 18.2 Å². The molecule has 0 aromatic heterocycles. The van der Waals surface area contributed by atoms with E-state index in [9.17, 15) is 0 Å². The van der Waals surface area contributed by atoms with Crippen LogP contribution in [0.25, 0.3) is 0 Å². The second-order valence-electron chi connectivity index (χ2n) is 5.59. The molecule has 0 radical (unpaired) electrons. The molecule has 24 heavy (non-hydrogen) atoms. The number of benzene rings is 1. The van der Waals surface area contributed by atoms with Gasteiger partial charge in [-0.2, -0.15) is 11.8 Å². The standard InChI is InChI=1S/C17H27N3O2S.HI/c1-18-16(19-12-14-6-4-5-7-15(14)21-2)20-13-17(23-3)8-10-22-11-9-17;/h4-7H,8-13H2,1-3H3,(H2,18,19,20);1H. The average Bonchev–Trinajstić information content (AvgIpc) is 2.63. The van der Waals surface area contributed by atoms with Crippen molar-refractivity contribution < 1.29 is 9.47 Å². The van der Waals surface area contributed by atoms with E-state index in [1.54, 1.807) is 14.2 Å². The Morgan fingerprint density at radius 3 is 2.62 bits per heavy atom. The summed E-state index contributed by atoms with van der Waals surface area (Å²) < 4.78 is 11.1. The summed E-state index contributed by atoms with van der Waals surface area (Å²) in [6, 6.07) is 8.02. The van der Waals surface area contributed by atoms with Crippen molar-refractivity contribution in [1.82, 2.24) is 10.6 Å². The molecule has 0 aliphatic carbocycles.